The molecule has 5 heteroatoms. The van der Waals surface area contributed by atoms with Crippen LogP contribution in [0, 0.1) is 0 Å². The van der Waals surface area contributed by atoms with E-state index in [2.05, 4.69) is 4.74 Å². The second-order valence-corrected chi connectivity index (χ2v) is 2.29. The first-order valence-corrected chi connectivity index (χ1v) is 3.43. The molecule has 2 N–H and O–H groups in total. The quantitative estimate of drug-likeness (QED) is 0.578. The van der Waals surface area contributed by atoms with Gasteiger partial charge in [0.15, 0.2) is 0 Å². The Bertz CT molecular complexity index is 315. The van der Waals surface area contributed by atoms with E-state index in [0.717, 1.165) is 0 Å². The molecule has 1 rings (SSSR count). The number of ether oxygens (including phenoxy) is 1. The minimum absolute atomic E-state index is 0.0184. The molecule has 0 aromatic heterocycles. The smallest absolute Gasteiger partial charge is 0.387 e. The lowest BCUT2D eigenvalue weighted by Gasteiger charge is -2.06. The number of nitrogen functional groups attached to an aromatic ring is 1. The summed E-state index contributed by atoms with van der Waals surface area (Å²) in [5.74, 6) is -0.124. The third-order valence-corrected chi connectivity index (χ3v) is 1.39. The maximum Gasteiger partial charge on any atom is 0.387 e. The molecule has 1 aromatic rings. The molecule has 13 heavy (non-hydrogen) atoms. The highest BCUT2D eigenvalue weighted by Gasteiger charge is 2.07. The van der Waals surface area contributed by atoms with Gasteiger partial charge in [0.1, 0.15) is 12.0 Å². The second-order valence-electron chi connectivity index (χ2n) is 2.29. The van der Waals surface area contributed by atoms with Gasteiger partial charge in [-0.3, -0.25) is 4.79 Å². The van der Waals surface area contributed by atoms with Crippen molar-refractivity contribution in [3.05, 3.63) is 23.8 Å². The van der Waals surface area contributed by atoms with Crippen LogP contribution in [0.2, 0.25) is 0 Å². The molecular weight excluding hydrogens is 180 g/mol. The molecule has 0 amide bonds. The minimum Gasteiger partial charge on any atom is -0.433 e. The number of halogens is 2. The van der Waals surface area contributed by atoms with Crippen molar-refractivity contribution in [2.45, 2.75) is 6.61 Å². The highest BCUT2D eigenvalue weighted by atomic mass is 19.3. The predicted molar refractivity (Wildman–Crippen MR) is 42.9 cm³/mol. The first-order chi connectivity index (χ1) is 6.13. The first-order valence-electron chi connectivity index (χ1n) is 3.43. The second kappa shape index (κ2) is 3.84. The molecule has 0 aliphatic rings. The lowest BCUT2D eigenvalue weighted by molar-refractivity contribution is -0.0493. The molecule has 0 aliphatic carbocycles. The topological polar surface area (TPSA) is 52.3 Å². The maximum absolute atomic E-state index is 11.7. The highest BCUT2D eigenvalue weighted by molar-refractivity contribution is 5.78. The van der Waals surface area contributed by atoms with Gasteiger partial charge in [-0.2, -0.15) is 8.78 Å². The zero-order valence-electron chi connectivity index (χ0n) is 6.54. The maximum atomic E-state index is 11.7. The van der Waals surface area contributed by atoms with Gasteiger partial charge < -0.3 is 10.5 Å². The average Bonchev–Trinajstić information content (AvgIpc) is 2.08. The van der Waals surface area contributed by atoms with Crippen LogP contribution in [0.4, 0.5) is 14.5 Å². The molecule has 0 aliphatic heterocycles. The van der Waals surface area contributed by atoms with Crippen LogP contribution in [0.1, 0.15) is 10.4 Å². The van der Waals surface area contributed by atoms with Crippen molar-refractivity contribution in [1.82, 2.24) is 0 Å². The van der Waals surface area contributed by atoms with Crippen molar-refractivity contribution >= 4 is 12.0 Å². The Morgan fingerprint density at radius 1 is 1.46 bits per heavy atom. The SMILES string of the molecule is Nc1cc(C=O)ccc1OC(F)F. The summed E-state index contributed by atoms with van der Waals surface area (Å²) < 4.78 is 27.5. The van der Waals surface area contributed by atoms with E-state index in [1.807, 2.05) is 0 Å². The number of rotatable bonds is 3. The van der Waals surface area contributed by atoms with E-state index in [-0.39, 0.29) is 11.4 Å². The van der Waals surface area contributed by atoms with Crippen LogP contribution < -0.4 is 10.5 Å². The minimum atomic E-state index is -2.91. The molecule has 1 aromatic carbocycles. The summed E-state index contributed by atoms with van der Waals surface area (Å²) in [5.41, 5.74) is 5.67. The molecule has 0 saturated heterocycles. The number of carbonyl (C=O) groups is 1. The van der Waals surface area contributed by atoms with Crippen LogP contribution in [0.5, 0.6) is 5.75 Å². The van der Waals surface area contributed by atoms with Crippen LogP contribution >= 0.6 is 0 Å². The van der Waals surface area contributed by atoms with Crippen LogP contribution in [0.15, 0.2) is 18.2 Å². The van der Waals surface area contributed by atoms with E-state index >= 15 is 0 Å². The van der Waals surface area contributed by atoms with Crippen molar-refractivity contribution in [3.63, 3.8) is 0 Å². The number of nitrogens with two attached hydrogens (primary N) is 1. The normalized spacial score (nSPS) is 10.1. The van der Waals surface area contributed by atoms with Crippen molar-refractivity contribution < 1.29 is 18.3 Å². The van der Waals surface area contributed by atoms with Gasteiger partial charge in [-0.25, -0.2) is 0 Å². The summed E-state index contributed by atoms with van der Waals surface area (Å²) >= 11 is 0. The Morgan fingerprint density at radius 2 is 2.15 bits per heavy atom. The Hall–Kier alpha value is -1.65. The molecule has 0 spiro atoms. The number of benzene rings is 1. The summed E-state index contributed by atoms with van der Waals surface area (Å²) in [6.45, 7) is -2.91. The van der Waals surface area contributed by atoms with E-state index < -0.39 is 6.61 Å². The number of anilines is 1. The molecule has 70 valence electrons. The van der Waals surface area contributed by atoms with Crippen molar-refractivity contribution in [2.24, 2.45) is 0 Å². The monoisotopic (exact) mass is 187 g/mol. The van der Waals surface area contributed by atoms with Gasteiger partial charge in [-0.1, -0.05) is 0 Å². The van der Waals surface area contributed by atoms with Gasteiger partial charge in [0.25, 0.3) is 0 Å². The van der Waals surface area contributed by atoms with E-state index in [0.29, 0.717) is 11.8 Å². The van der Waals surface area contributed by atoms with Gasteiger partial charge in [0.2, 0.25) is 0 Å². The lowest BCUT2D eigenvalue weighted by atomic mass is 10.2. The Labute approximate surface area is 73.1 Å². The fraction of sp³-hybridized carbons (Fsp3) is 0.125. The third kappa shape index (κ3) is 2.40. The van der Waals surface area contributed by atoms with Crippen LogP contribution in [0.25, 0.3) is 0 Å². The molecule has 0 saturated carbocycles. The molecular formula is C8H7F2NO2. The van der Waals surface area contributed by atoms with Crippen LogP contribution in [-0.2, 0) is 0 Å². The van der Waals surface area contributed by atoms with E-state index in [1.165, 1.54) is 18.2 Å². The largest absolute Gasteiger partial charge is 0.433 e. The van der Waals surface area contributed by atoms with E-state index in [9.17, 15) is 13.6 Å². The van der Waals surface area contributed by atoms with Gasteiger partial charge in [0, 0.05) is 5.56 Å². The standard InChI is InChI=1S/C8H7F2NO2/c9-8(10)13-7-2-1-5(4-12)3-6(7)11/h1-4,8H,11H2. The van der Waals surface area contributed by atoms with Crippen molar-refractivity contribution in [2.75, 3.05) is 5.73 Å². The Kier molecular flexibility index (Phi) is 2.79. The van der Waals surface area contributed by atoms with Gasteiger partial charge >= 0.3 is 6.61 Å². The van der Waals surface area contributed by atoms with Crippen molar-refractivity contribution in [3.8, 4) is 5.75 Å². The summed E-state index contributed by atoms with van der Waals surface area (Å²) in [7, 11) is 0. The van der Waals surface area contributed by atoms with Gasteiger partial charge in [-0.05, 0) is 18.2 Å². The molecule has 0 radical (unpaired) electrons. The zero-order chi connectivity index (χ0) is 9.84. The van der Waals surface area contributed by atoms with Crippen LogP contribution in [-0.4, -0.2) is 12.9 Å². The predicted octanol–water partition coefficient (Wildman–Crippen LogP) is 1.68. The summed E-state index contributed by atoms with van der Waals surface area (Å²) in [6.07, 6.45) is 0.572. The summed E-state index contributed by atoms with van der Waals surface area (Å²) in [5, 5.41) is 0. The fourth-order valence-corrected chi connectivity index (χ4v) is 0.844. The number of hydrogen-bond donors (Lipinski definition) is 1. The molecule has 0 fully saturated rings. The molecule has 0 bridgehead atoms. The molecule has 0 unspecified atom stereocenters. The molecule has 3 nitrogen and oxygen atoms in total. The zero-order valence-corrected chi connectivity index (χ0v) is 6.54. The number of carbonyl (C=O) groups excluding carboxylic acids is 1. The molecule has 0 heterocycles. The molecule has 0 atom stereocenters. The third-order valence-electron chi connectivity index (χ3n) is 1.39. The number of alkyl halides is 2. The van der Waals surface area contributed by atoms with Gasteiger partial charge in [-0.15, -0.1) is 0 Å². The highest BCUT2D eigenvalue weighted by Crippen LogP contribution is 2.23. The fourth-order valence-electron chi connectivity index (χ4n) is 0.844. The van der Waals surface area contributed by atoms with Gasteiger partial charge in [0.05, 0.1) is 5.69 Å². The Morgan fingerprint density at radius 3 is 2.62 bits per heavy atom. The Balaban J connectivity index is 2.91. The number of aldehydes is 1. The van der Waals surface area contributed by atoms with Crippen molar-refractivity contribution in [1.29, 1.82) is 0 Å². The number of hydrogen-bond acceptors (Lipinski definition) is 3. The van der Waals surface area contributed by atoms with Crippen LogP contribution in [0.3, 0.4) is 0 Å². The van der Waals surface area contributed by atoms with E-state index in [4.69, 9.17) is 5.73 Å². The summed E-state index contributed by atoms with van der Waals surface area (Å²) in [6, 6.07) is 3.84. The summed E-state index contributed by atoms with van der Waals surface area (Å²) in [4.78, 5) is 10.2. The first kappa shape index (κ1) is 9.44. The lowest BCUT2D eigenvalue weighted by Crippen LogP contribution is -2.04. The van der Waals surface area contributed by atoms with E-state index in [1.54, 1.807) is 0 Å². The average molecular weight is 187 g/mol.